The second-order valence-corrected chi connectivity index (χ2v) is 4.14. The van der Waals surface area contributed by atoms with E-state index < -0.39 is 5.97 Å². The normalized spacial score (nSPS) is 10.4. The summed E-state index contributed by atoms with van der Waals surface area (Å²) in [6.45, 7) is 0. The predicted octanol–water partition coefficient (Wildman–Crippen LogP) is 1.94. The maximum absolute atomic E-state index is 11.0. The van der Waals surface area contributed by atoms with E-state index in [2.05, 4.69) is 26.2 Å². The molecule has 0 saturated heterocycles. The Hall–Kier alpha value is -1.69. The number of benzene rings is 1. The number of hydrogen-bond acceptors (Lipinski definition) is 3. The van der Waals surface area contributed by atoms with Crippen molar-refractivity contribution >= 4 is 21.9 Å². The van der Waals surface area contributed by atoms with Crippen LogP contribution in [0.2, 0.25) is 0 Å². The molecule has 6 heteroatoms. The minimum Gasteiger partial charge on any atom is -0.476 e. The third kappa shape index (κ3) is 1.83. The van der Waals surface area contributed by atoms with Crippen molar-refractivity contribution in [2.45, 2.75) is 0 Å². The Balaban J connectivity index is 2.63. The van der Waals surface area contributed by atoms with Crippen LogP contribution >= 0.6 is 15.9 Å². The first-order valence-electron chi connectivity index (χ1n) is 4.48. The summed E-state index contributed by atoms with van der Waals surface area (Å²) in [4.78, 5) is 11.0. The van der Waals surface area contributed by atoms with E-state index >= 15 is 0 Å². The lowest BCUT2D eigenvalue weighted by Crippen LogP contribution is -2.01. The van der Waals surface area contributed by atoms with Gasteiger partial charge >= 0.3 is 5.97 Å². The summed E-state index contributed by atoms with van der Waals surface area (Å²) in [5.74, 6) is -1.08. The Kier molecular flexibility index (Phi) is 2.74. The van der Waals surface area contributed by atoms with Crippen LogP contribution in [0.3, 0.4) is 0 Å². The highest BCUT2D eigenvalue weighted by Gasteiger charge is 2.18. The molecule has 5 nitrogen and oxygen atoms in total. The standard InChI is InChI=1S/C10H8BrN3O2/c1-14-9(8(10(15)16)12-13-14)6-3-2-4-7(11)5-6/h2-5H,1H3,(H,15,16). The number of carboxylic acid groups (broad SMARTS) is 1. The molecule has 2 rings (SSSR count). The molecule has 0 amide bonds. The SMILES string of the molecule is Cn1nnc(C(=O)O)c1-c1cccc(Br)c1. The first-order chi connectivity index (χ1) is 7.59. The number of aryl methyl sites for hydroxylation is 1. The molecule has 0 aliphatic heterocycles. The number of halogens is 1. The second kappa shape index (κ2) is 4.05. The van der Waals surface area contributed by atoms with Crippen LogP contribution < -0.4 is 0 Å². The second-order valence-electron chi connectivity index (χ2n) is 3.23. The molecule has 1 aromatic heterocycles. The van der Waals surface area contributed by atoms with Crippen LogP contribution in [0.5, 0.6) is 0 Å². The number of rotatable bonds is 2. The van der Waals surface area contributed by atoms with Crippen LogP contribution in [-0.2, 0) is 7.05 Å². The number of nitrogens with zero attached hydrogens (tertiary/aromatic N) is 3. The maximum atomic E-state index is 11.0. The average molecular weight is 282 g/mol. The van der Waals surface area contributed by atoms with Gasteiger partial charge in [0.15, 0.2) is 5.69 Å². The van der Waals surface area contributed by atoms with Crippen LogP contribution in [-0.4, -0.2) is 26.1 Å². The van der Waals surface area contributed by atoms with Crippen molar-refractivity contribution in [2.24, 2.45) is 7.05 Å². The van der Waals surface area contributed by atoms with Gasteiger partial charge in [-0.2, -0.15) is 0 Å². The molecule has 0 aliphatic rings. The van der Waals surface area contributed by atoms with Gasteiger partial charge in [0.25, 0.3) is 0 Å². The minimum absolute atomic E-state index is 0.0411. The smallest absolute Gasteiger partial charge is 0.358 e. The third-order valence-electron chi connectivity index (χ3n) is 2.13. The van der Waals surface area contributed by atoms with Crippen molar-refractivity contribution in [3.63, 3.8) is 0 Å². The lowest BCUT2D eigenvalue weighted by molar-refractivity contribution is 0.0691. The number of carboxylic acids is 1. The molecule has 0 bridgehead atoms. The number of aromatic carboxylic acids is 1. The van der Waals surface area contributed by atoms with Gasteiger partial charge in [-0.1, -0.05) is 33.3 Å². The third-order valence-corrected chi connectivity index (χ3v) is 2.62. The predicted molar refractivity (Wildman–Crippen MR) is 61.1 cm³/mol. The Labute approximate surface area is 99.8 Å². The Morgan fingerprint density at radius 1 is 1.50 bits per heavy atom. The molecule has 1 aromatic carbocycles. The zero-order valence-corrected chi connectivity index (χ0v) is 9.97. The summed E-state index contributed by atoms with van der Waals surface area (Å²) in [5.41, 5.74) is 1.22. The van der Waals surface area contributed by atoms with Gasteiger partial charge in [0.05, 0.1) is 0 Å². The molecule has 1 heterocycles. The Bertz CT molecular complexity index is 551. The van der Waals surface area contributed by atoms with Gasteiger partial charge in [-0.3, -0.25) is 0 Å². The van der Waals surface area contributed by atoms with Crippen molar-refractivity contribution in [3.05, 3.63) is 34.4 Å². The molecule has 0 unspecified atom stereocenters. The van der Waals surface area contributed by atoms with Crippen molar-refractivity contribution in [1.29, 1.82) is 0 Å². The monoisotopic (exact) mass is 281 g/mol. The molecular formula is C10H8BrN3O2. The van der Waals surface area contributed by atoms with Gasteiger partial charge in [-0.15, -0.1) is 5.10 Å². The van der Waals surface area contributed by atoms with Crippen LogP contribution in [0.15, 0.2) is 28.7 Å². The fourth-order valence-electron chi connectivity index (χ4n) is 1.46. The summed E-state index contributed by atoms with van der Waals surface area (Å²) in [7, 11) is 1.66. The largest absolute Gasteiger partial charge is 0.476 e. The molecule has 0 fully saturated rings. The highest BCUT2D eigenvalue weighted by molar-refractivity contribution is 9.10. The average Bonchev–Trinajstić information content (AvgIpc) is 2.60. The zero-order valence-electron chi connectivity index (χ0n) is 8.38. The molecule has 0 radical (unpaired) electrons. The van der Waals surface area contributed by atoms with Crippen LogP contribution in [0.1, 0.15) is 10.5 Å². The lowest BCUT2D eigenvalue weighted by Gasteiger charge is -2.02. The molecule has 0 atom stereocenters. The van der Waals surface area contributed by atoms with Crippen LogP contribution in [0, 0.1) is 0 Å². The van der Waals surface area contributed by atoms with Crippen molar-refractivity contribution in [3.8, 4) is 11.3 Å². The molecule has 2 aromatic rings. The fourth-order valence-corrected chi connectivity index (χ4v) is 1.86. The van der Waals surface area contributed by atoms with Crippen LogP contribution in [0.4, 0.5) is 0 Å². The summed E-state index contributed by atoms with van der Waals surface area (Å²) in [6.07, 6.45) is 0. The lowest BCUT2D eigenvalue weighted by atomic mass is 10.1. The van der Waals surface area contributed by atoms with Crippen LogP contribution in [0.25, 0.3) is 11.3 Å². The maximum Gasteiger partial charge on any atom is 0.358 e. The van der Waals surface area contributed by atoms with Gasteiger partial charge in [0.2, 0.25) is 0 Å². The summed E-state index contributed by atoms with van der Waals surface area (Å²) < 4.78 is 2.33. The van der Waals surface area contributed by atoms with E-state index in [0.717, 1.165) is 10.0 Å². The van der Waals surface area contributed by atoms with E-state index in [9.17, 15) is 4.79 Å². The van der Waals surface area contributed by atoms with Gasteiger partial charge in [-0.05, 0) is 12.1 Å². The van der Waals surface area contributed by atoms with Gasteiger partial charge < -0.3 is 5.11 Å². The molecule has 0 saturated carbocycles. The molecule has 0 aliphatic carbocycles. The molecule has 82 valence electrons. The summed E-state index contributed by atoms with van der Waals surface area (Å²) in [5, 5.41) is 16.3. The number of hydrogen-bond donors (Lipinski definition) is 1. The number of aromatic nitrogens is 3. The van der Waals surface area contributed by atoms with E-state index in [0.29, 0.717) is 5.69 Å². The first kappa shape index (κ1) is 10.8. The molecule has 1 N–H and O–H groups in total. The quantitative estimate of drug-likeness (QED) is 0.914. The van der Waals surface area contributed by atoms with Crippen molar-refractivity contribution in [2.75, 3.05) is 0 Å². The topological polar surface area (TPSA) is 68.0 Å². The van der Waals surface area contributed by atoms with E-state index in [1.54, 1.807) is 7.05 Å². The molecule has 16 heavy (non-hydrogen) atoms. The van der Waals surface area contributed by atoms with E-state index in [1.165, 1.54) is 4.68 Å². The van der Waals surface area contributed by atoms with Crippen molar-refractivity contribution in [1.82, 2.24) is 15.0 Å². The van der Waals surface area contributed by atoms with Crippen molar-refractivity contribution < 1.29 is 9.90 Å². The van der Waals surface area contributed by atoms with Gasteiger partial charge in [0.1, 0.15) is 5.69 Å². The number of carbonyl (C=O) groups is 1. The van der Waals surface area contributed by atoms with Gasteiger partial charge in [0, 0.05) is 17.1 Å². The summed E-state index contributed by atoms with van der Waals surface area (Å²) in [6, 6.07) is 7.34. The zero-order chi connectivity index (χ0) is 11.7. The Morgan fingerprint density at radius 3 is 2.88 bits per heavy atom. The highest BCUT2D eigenvalue weighted by atomic mass is 79.9. The van der Waals surface area contributed by atoms with E-state index in [-0.39, 0.29) is 5.69 Å². The highest BCUT2D eigenvalue weighted by Crippen LogP contribution is 2.24. The van der Waals surface area contributed by atoms with E-state index in [4.69, 9.17) is 5.11 Å². The summed E-state index contributed by atoms with van der Waals surface area (Å²) >= 11 is 3.34. The molecule has 0 spiro atoms. The Morgan fingerprint density at radius 2 is 2.25 bits per heavy atom. The minimum atomic E-state index is -1.08. The van der Waals surface area contributed by atoms with E-state index in [1.807, 2.05) is 24.3 Å². The first-order valence-corrected chi connectivity index (χ1v) is 5.28. The van der Waals surface area contributed by atoms with Gasteiger partial charge in [-0.25, -0.2) is 9.48 Å². The molecular weight excluding hydrogens is 274 g/mol. The fraction of sp³-hybridized carbons (Fsp3) is 0.100.